The molecule has 0 saturated heterocycles. The van der Waals surface area contributed by atoms with Crippen LogP contribution in [0.25, 0.3) is 0 Å². The van der Waals surface area contributed by atoms with Gasteiger partial charge in [0.05, 0.1) is 6.34 Å². The first kappa shape index (κ1) is 12.6. The Kier molecular flexibility index (Phi) is 3.26. The van der Waals surface area contributed by atoms with Gasteiger partial charge in [-0.1, -0.05) is 0 Å². The van der Waals surface area contributed by atoms with E-state index in [0.717, 1.165) is 29.8 Å². The molecule has 2 aliphatic rings. The van der Waals surface area contributed by atoms with Crippen molar-refractivity contribution < 1.29 is 9.90 Å². The van der Waals surface area contributed by atoms with E-state index in [-0.39, 0.29) is 12.5 Å². The minimum Gasteiger partial charge on any atom is -0.369 e. The van der Waals surface area contributed by atoms with Crippen LogP contribution >= 0.6 is 11.3 Å². The predicted octanol–water partition coefficient (Wildman–Crippen LogP) is 0.583. The van der Waals surface area contributed by atoms with E-state index in [0.29, 0.717) is 0 Å². The standard InChI is InChI=1S/C12H16N4O2S/c13-15-9(17)5-16-6-14-11-10(12(16)18)7-3-1-2-4-8(7)19-11/h6,12,18H,1-5,13H2,(H,15,17)/t12-/m1/s1. The maximum atomic E-state index is 11.3. The van der Waals surface area contributed by atoms with E-state index >= 15 is 0 Å². The van der Waals surface area contributed by atoms with E-state index in [9.17, 15) is 9.90 Å². The van der Waals surface area contributed by atoms with Gasteiger partial charge in [0.1, 0.15) is 11.5 Å². The third-order valence-electron chi connectivity index (χ3n) is 3.58. The maximum Gasteiger partial charge on any atom is 0.253 e. The van der Waals surface area contributed by atoms with Gasteiger partial charge in [-0.25, -0.2) is 10.8 Å². The number of hydrazine groups is 1. The Morgan fingerprint density at radius 3 is 3.16 bits per heavy atom. The van der Waals surface area contributed by atoms with Crippen molar-refractivity contribution in [2.75, 3.05) is 6.54 Å². The molecule has 0 aromatic carbocycles. The highest BCUT2D eigenvalue weighted by Crippen LogP contribution is 2.45. The lowest BCUT2D eigenvalue weighted by atomic mass is 9.94. The monoisotopic (exact) mass is 280 g/mol. The van der Waals surface area contributed by atoms with Crippen LogP contribution in [0.1, 0.15) is 35.1 Å². The van der Waals surface area contributed by atoms with E-state index in [1.54, 1.807) is 11.3 Å². The van der Waals surface area contributed by atoms with Gasteiger partial charge in [0, 0.05) is 10.4 Å². The predicted molar refractivity (Wildman–Crippen MR) is 73.1 cm³/mol. The number of nitrogens with zero attached hydrogens (tertiary/aromatic N) is 2. The molecule has 2 heterocycles. The van der Waals surface area contributed by atoms with E-state index in [2.05, 4.69) is 10.4 Å². The Labute approximate surface area is 114 Å². The van der Waals surface area contributed by atoms with Crippen LogP contribution in [-0.4, -0.2) is 28.8 Å². The Balaban J connectivity index is 1.91. The number of hydrogen-bond acceptors (Lipinski definition) is 6. The molecule has 4 N–H and O–H groups in total. The quantitative estimate of drug-likeness (QED) is 0.420. The largest absolute Gasteiger partial charge is 0.369 e. The van der Waals surface area contributed by atoms with Crippen molar-refractivity contribution in [3.63, 3.8) is 0 Å². The Morgan fingerprint density at radius 2 is 2.37 bits per heavy atom. The number of nitrogens with two attached hydrogens (primary N) is 1. The first-order valence-corrected chi connectivity index (χ1v) is 7.14. The summed E-state index contributed by atoms with van der Waals surface area (Å²) in [5, 5.41) is 11.3. The molecular weight excluding hydrogens is 264 g/mol. The van der Waals surface area contributed by atoms with Gasteiger partial charge in [-0.15, -0.1) is 11.3 Å². The van der Waals surface area contributed by atoms with Gasteiger partial charge in [-0.2, -0.15) is 0 Å². The molecule has 0 saturated carbocycles. The molecule has 1 aromatic rings. The van der Waals surface area contributed by atoms with Gasteiger partial charge in [0.25, 0.3) is 5.91 Å². The second-order valence-corrected chi connectivity index (χ2v) is 5.87. The number of hydrogen-bond donors (Lipinski definition) is 3. The second-order valence-electron chi connectivity index (χ2n) is 4.79. The zero-order chi connectivity index (χ0) is 13.4. The highest BCUT2D eigenvalue weighted by Gasteiger charge is 2.31. The van der Waals surface area contributed by atoms with Crippen LogP contribution in [0.2, 0.25) is 0 Å². The summed E-state index contributed by atoms with van der Waals surface area (Å²) in [5.74, 6) is 4.72. The molecule has 0 radical (unpaired) electrons. The first-order chi connectivity index (χ1) is 9.20. The molecule has 0 fully saturated rings. The molecule has 3 rings (SSSR count). The van der Waals surface area contributed by atoms with Crippen LogP contribution in [0.4, 0.5) is 5.00 Å². The molecule has 1 aliphatic heterocycles. The molecule has 1 aliphatic carbocycles. The number of aliphatic hydroxyl groups excluding tert-OH is 1. The lowest BCUT2D eigenvalue weighted by Crippen LogP contribution is -2.42. The molecule has 0 spiro atoms. The minimum atomic E-state index is -0.803. The topological polar surface area (TPSA) is 91.0 Å². The van der Waals surface area contributed by atoms with Gasteiger partial charge in [-0.05, 0) is 31.2 Å². The smallest absolute Gasteiger partial charge is 0.253 e. The molecule has 0 unspecified atom stereocenters. The number of nitrogens with one attached hydrogen (secondary N) is 1. The summed E-state index contributed by atoms with van der Waals surface area (Å²) in [6.45, 7) is 0.00519. The summed E-state index contributed by atoms with van der Waals surface area (Å²) in [7, 11) is 0. The number of carbonyl (C=O) groups excluding carboxylic acids is 1. The van der Waals surface area contributed by atoms with Crippen molar-refractivity contribution in [2.45, 2.75) is 31.9 Å². The summed E-state index contributed by atoms with van der Waals surface area (Å²) in [6, 6.07) is 0. The molecule has 1 amide bonds. The summed E-state index contributed by atoms with van der Waals surface area (Å²) >= 11 is 1.66. The average Bonchev–Trinajstić information content (AvgIpc) is 2.81. The van der Waals surface area contributed by atoms with Crippen LogP contribution in [0.5, 0.6) is 0 Å². The van der Waals surface area contributed by atoms with Crippen molar-refractivity contribution in [3.8, 4) is 0 Å². The molecule has 7 heteroatoms. The molecule has 0 bridgehead atoms. The number of fused-ring (bicyclic) bond motifs is 3. The van der Waals surface area contributed by atoms with E-state index in [1.807, 2.05) is 0 Å². The van der Waals surface area contributed by atoms with Gasteiger partial charge >= 0.3 is 0 Å². The SMILES string of the molecule is NNC(=O)CN1C=Nc2sc3c(c2[C@H]1O)CCCC3. The molecule has 1 aromatic heterocycles. The Bertz CT molecular complexity index is 540. The molecule has 102 valence electrons. The van der Waals surface area contributed by atoms with Crippen LogP contribution in [0.3, 0.4) is 0 Å². The maximum absolute atomic E-state index is 11.3. The number of aliphatic imine (C=N–C) groups is 1. The lowest BCUT2D eigenvalue weighted by Gasteiger charge is -2.29. The first-order valence-electron chi connectivity index (χ1n) is 6.32. The number of aryl methyl sites for hydroxylation is 1. The van der Waals surface area contributed by atoms with Crippen LogP contribution < -0.4 is 11.3 Å². The minimum absolute atomic E-state index is 0.00519. The summed E-state index contributed by atoms with van der Waals surface area (Å²) < 4.78 is 0. The number of carbonyl (C=O) groups is 1. The lowest BCUT2D eigenvalue weighted by molar-refractivity contribution is -0.123. The number of aliphatic hydroxyl groups is 1. The highest BCUT2D eigenvalue weighted by molar-refractivity contribution is 7.16. The van der Waals surface area contributed by atoms with E-state index in [4.69, 9.17) is 5.84 Å². The fourth-order valence-electron chi connectivity index (χ4n) is 2.63. The number of amides is 1. The Morgan fingerprint density at radius 1 is 1.58 bits per heavy atom. The third-order valence-corrected chi connectivity index (χ3v) is 4.79. The van der Waals surface area contributed by atoms with Gasteiger partial charge in [0.15, 0.2) is 6.23 Å². The molecule has 6 nitrogen and oxygen atoms in total. The molecule has 19 heavy (non-hydrogen) atoms. The Hall–Kier alpha value is -1.44. The van der Waals surface area contributed by atoms with Crippen molar-refractivity contribution in [3.05, 3.63) is 16.0 Å². The zero-order valence-electron chi connectivity index (χ0n) is 10.4. The highest BCUT2D eigenvalue weighted by atomic mass is 32.1. The number of rotatable bonds is 2. The van der Waals surface area contributed by atoms with Crippen LogP contribution in [0, 0.1) is 0 Å². The normalized spacial score (nSPS) is 20.9. The average molecular weight is 280 g/mol. The second kappa shape index (κ2) is 4.92. The van der Waals surface area contributed by atoms with E-state index in [1.165, 1.54) is 28.1 Å². The number of thiophene rings is 1. The van der Waals surface area contributed by atoms with Crippen LogP contribution in [-0.2, 0) is 17.6 Å². The summed E-state index contributed by atoms with van der Waals surface area (Å²) in [6.07, 6.45) is 5.12. The summed E-state index contributed by atoms with van der Waals surface area (Å²) in [4.78, 5) is 18.5. The molecular formula is C12H16N4O2S. The van der Waals surface area contributed by atoms with Crippen molar-refractivity contribution in [1.82, 2.24) is 10.3 Å². The molecule has 1 atom stereocenters. The van der Waals surface area contributed by atoms with Crippen molar-refractivity contribution in [1.29, 1.82) is 0 Å². The fraction of sp³-hybridized carbons (Fsp3) is 0.500. The third kappa shape index (κ3) is 2.13. The van der Waals surface area contributed by atoms with Crippen LogP contribution in [0.15, 0.2) is 4.99 Å². The van der Waals surface area contributed by atoms with E-state index < -0.39 is 6.23 Å². The van der Waals surface area contributed by atoms with Crippen molar-refractivity contribution >= 4 is 28.6 Å². The van der Waals surface area contributed by atoms with Crippen molar-refractivity contribution in [2.24, 2.45) is 10.8 Å². The van der Waals surface area contributed by atoms with Gasteiger partial charge in [-0.3, -0.25) is 10.2 Å². The fourth-order valence-corrected chi connectivity index (χ4v) is 3.89. The van der Waals surface area contributed by atoms with Gasteiger partial charge in [0.2, 0.25) is 0 Å². The summed E-state index contributed by atoms with van der Waals surface area (Å²) in [5.41, 5.74) is 4.17. The van der Waals surface area contributed by atoms with Gasteiger partial charge < -0.3 is 10.0 Å². The zero-order valence-corrected chi connectivity index (χ0v) is 11.2.